The van der Waals surface area contributed by atoms with Crippen LogP contribution in [0.25, 0.3) is 0 Å². The fourth-order valence-corrected chi connectivity index (χ4v) is 2.19. The lowest BCUT2D eigenvalue weighted by molar-refractivity contribution is 0.0992. The molecule has 19 heavy (non-hydrogen) atoms. The monoisotopic (exact) mass is 322 g/mol. The summed E-state index contributed by atoms with van der Waals surface area (Å²) in [5.41, 5.74) is 7.47. The number of nitrogens with zero attached hydrogens (tertiary/aromatic N) is 1. The number of aromatic nitrogens is 1. The van der Waals surface area contributed by atoms with Gasteiger partial charge >= 0.3 is 0 Å². The molecule has 1 aromatic heterocycles. The van der Waals surface area contributed by atoms with Crippen molar-refractivity contribution in [1.82, 2.24) is 4.98 Å². The highest BCUT2D eigenvalue weighted by Gasteiger charge is 2.10. The van der Waals surface area contributed by atoms with E-state index in [-0.39, 0.29) is 18.0 Å². The maximum Gasteiger partial charge on any atom is 0.167 e. The molecule has 0 unspecified atom stereocenters. The van der Waals surface area contributed by atoms with Gasteiger partial charge in [0, 0.05) is 29.2 Å². The number of pyridine rings is 1. The molecule has 0 aliphatic heterocycles. The van der Waals surface area contributed by atoms with E-state index in [9.17, 15) is 9.18 Å². The van der Waals surface area contributed by atoms with Crippen LogP contribution in [0.3, 0.4) is 0 Å². The molecule has 2 aromatic rings. The van der Waals surface area contributed by atoms with Crippen molar-refractivity contribution in [3.63, 3.8) is 0 Å². The average Bonchev–Trinajstić information content (AvgIpc) is 2.42. The Morgan fingerprint density at radius 3 is 2.79 bits per heavy atom. The van der Waals surface area contributed by atoms with Gasteiger partial charge in [-0.25, -0.2) is 4.39 Å². The summed E-state index contributed by atoms with van der Waals surface area (Å²) in [5, 5.41) is 0. The Labute approximate surface area is 118 Å². The van der Waals surface area contributed by atoms with Gasteiger partial charge in [0.15, 0.2) is 5.78 Å². The molecule has 2 N–H and O–H groups in total. The second-order valence-corrected chi connectivity index (χ2v) is 4.93. The van der Waals surface area contributed by atoms with Crippen molar-refractivity contribution < 1.29 is 9.18 Å². The summed E-state index contributed by atoms with van der Waals surface area (Å²) in [4.78, 5) is 16.2. The molecule has 0 fully saturated rings. The van der Waals surface area contributed by atoms with Crippen molar-refractivity contribution in [1.29, 1.82) is 0 Å². The van der Waals surface area contributed by atoms with Crippen LogP contribution in [0.2, 0.25) is 0 Å². The van der Waals surface area contributed by atoms with Gasteiger partial charge in [0.2, 0.25) is 0 Å². The molecule has 0 aliphatic rings. The molecule has 0 spiro atoms. The highest BCUT2D eigenvalue weighted by atomic mass is 79.9. The van der Waals surface area contributed by atoms with E-state index in [4.69, 9.17) is 5.73 Å². The van der Waals surface area contributed by atoms with E-state index < -0.39 is 0 Å². The molecule has 2 rings (SSSR count). The lowest BCUT2D eigenvalue weighted by atomic mass is 10.0. The number of rotatable bonds is 4. The molecule has 0 amide bonds. The number of benzene rings is 1. The number of halogens is 2. The summed E-state index contributed by atoms with van der Waals surface area (Å²) in [7, 11) is 0. The van der Waals surface area contributed by atoms with Crippen LogP contribution in [-0.2, 0) is 13.0 Å². The molecule has 0 saturated carbocycles. The zero-order chi connectivity index (χ0) is 13.8. The average molecular weight is 323 g/mol. The number of nitrogens with two attached hydrogens (primary N) is 1. The predicted octanol–water partition coefficient (Wildman–Crippen LogP) is 2.87. The molecule has 0 saturated heterocycles. The number of hydrogen-bond acceptors (Lipinski definition) is 3. The standard InChI is InChI=1S/C14H12BrFN2O/c15-13-7-11(16)2-1-9(13)6-14(19)10-3-4-18-12(5-10)8-17/h1-5,7H,6,8,17H2. The maximum atomic E-state index is 13.0. The lowest BCUT2D eigenvalue weighted by Crippen LogP contribution is -2.07. The second-order valence-electron chi connectivity index (χ2n) is 4.08. The minimum atomic E-state index is -0.336. The van der Waals surface area contributed by atoms with E-state index in [1.807, 2.05) is 0 Å². The molecule has 5 heteroatoms. The van der Waals surface area contributed by atoms with E-state index in [1.165, 1.54) is 12.1 Å². The number of carbonyl (C=O) groups is 1. The van der Waals surface area contributed by atoms with Crippen LogP contribution in [0.4, 0.5) is 4.39 Å². The van der Waals surface area contributed by atoms with Crippen molar-refractivity contribution in [2.75, 3.05) is 0 Å². The highest BCUT2D eigenvalue weighted by Crippen LogP contribution is 2.20. The SMILES string of the molecule is NCc1cc(C(=O)Cc2ccc(F)cc2Br)ccn1. The van der Waals surface area contributed by atoms with Crippen molar-refractivity contribution in [2.45, 2.75) is 13.0 Å². The van der Waals surface area contributed by atoms with E-state index in [0.717, 1.165) is 5.56 Å². The summed E-state index contributed by atoms with van der Waals surface area (Å²) in [6.45, 7) is 0.293. The Morgan fingerprint density at radius 1 is 1.32 bits per heavy atom. The van der Waals surface area contributed by atoms with Crippen LogP contribution in [0.5, 0.6) is 0 Å². The van der Waals surface area contributed by atoms with E-state index >= 15 is 0 Å². The van der Waals surface area contributed by atoms with Gasteiger partial charge < -0.3 is 5.73 Å². The molecule has 3 nitrogen and oxygen atoms in total. The fourth-order valence-electron chi connectivity index (χ4n) is 1.70. The molecule has 1 aromatic carbocycles. The smallest absolute Gasteiger partial charge is 0.167 e. The molecule has 0 bridgehead atoms. The highest BCUT2D eigenvalue weighted by molar-refractivity contribution is 9.10. The molecular weight excluding hydrogens is 311 g/mol. The van der Waals surface area contributed by atoms with Crippen molar-refractivity contribution in [3.05, 3.63) is 63.6 Å². The normalized spacial score (nSPS) is 10.5. The molecule has 0 atom stereocenters. The molecule has 0 aliphatic carbocycles. The van der Waals surface area contributed by atoms with Gasteiger partial charge in [-0.15, -0.1) is 0 Å². The van der Waals surface area contributed by atoms with Crippen LogP contribution in [0, 0.1) is 5.82 Å². The third kappa shape index (κ3) is 3.45. The molecular formula is C14H12BrFN2O. The van der Waals surface area contributed by atoms with Crippen LogP contribution in [0.15, 0.2) is 41.0 Å². The van der Waals surface area contributed by atoms with Crippen molar-refractivity contribution >= 4 is 21.7 Å². The first-order valence-corrected chi connectivity index (χ1v) is 6.51. The Hall–Kier alpha value is -1.59. The Morgan fingerprint density at radius 2 is 2.11 bits per heavy atom. The van der Waals surface area contributed by atoms with Gasteiger partial charge in [0.05, 0.1) is 5.69 Å². The topological polar surface area (TPSA) is 56.0 Å². The number of carbonyl (C=O) groups excluding carboxylic acids is 1. The van der Waals surface area contributed by atoms with Crippen molar-refractivity contribution in [3.8, 4) is 0 Å². The van der Waals surface area contributed by atoms with Gasteiger partial charge in [-0.2, -0.15) is 0 Å². The van der Waals surface area contributed by atoms with Crippen LogP contribution in [-0.4, -0.2) is 10.8 Å². The number of Topliss-reactive ketones (excluding diaryl/α,β-unsaturated/α-hetero) is 1. The molecule has 1 heterocycles. The molecule has 98 valence electrons. The quantitative estimate of drug-likeness (QED) is 0.880. The predicted molar refractivity (Wildman–Crippen MR) is 74.3 cm³/mol. The summed E-state index contributed by atoms with van der Waals surface area (Å²) in [5.74, 6) is -0.387. The first-order valence-electron chi connectivity index (χ1n) is 5.72. The van der Waals surface area contributed by atoms with Gasteiger partial charge in [0.25, 0.3) is 0 Å². The third-order valence-electron chi connectivity index (χ3n) is 2.71. The van der Waals surface area contributed by atoms with E-state index in [2.05, 4.69) is 20.9 Å². The Balaban J connectivity index is 2.20. The minimum Gasteiger partial charge on any atom is -0.325 e. The zero-order valence-electron chi connectivity index (χ0n) is 10.1. The van der Waals surface area contributed by atoms with Crippen molar-refractivity contribution in [2.24, 2.45) is 5.73 Å². The summed E-state index contributed by atoms with van der Waals surface area (Å²) >= 11 is 3.25. The first kappa shape index (κ1) is 13.8. The van der Waals surface area contributed by atoms with E-state index in [1.54, 1.807) is 24.4 Å². The fraction of sp³-hybridized carbons (Fsp3) is 0.143. The van der Waals surface area contributed by atoms with Gasteiger partial charge in [-0.1, -0.05) is 22.0 Å². The van der Waals surface area contributed by atoms with Gasteiger partial charge in [-0.05, 0) is 29.8 Å². The minimum absolute atomic E-state index is 0.0515. The first-order chi connectivity index (χ1) is 9.10. The third-order valence-corrected chi connectivity index (χ3v) is 3.45. The summed E-state index contributed by atoms with van der Waals surface area (Å²) in [6, 6.07) is 7.62. The Kier molecular flexibility index (Phi) is 4.39. The Bertz CT molecular complexity index is 616. The largest absolute Gasteiger partial charge is 0.325 e. The van der Waals surface area contributed by atoms with Gasteiger partial charge in [0.1, 0.15) is 5.82 Å². The van der Waals surface area contributed by atoms with Gasteiger partial charge in [-0.3, -0.25) is 9.78 Å². The van der Waals surface area contributed by atoms with Crippen LogP contribution in [0.1, 0.15) is 21.6 Å². The number of hydrogen-bond donors (Lipinski definition) is 1. The van der Waals surface area contributed by atoms with Crippen LogP contribution < -0.4 is 5.73 Å². The summed E-state index contributed by atoms with van der Waals surface area (Å²) < 4.78 is 13.6. The van der Waals surface area contributed by atoms with E-state index in [0.29, 0.717) is 22.3 Å². The summed E-state index contributed by atoms with van der Waals surface area (Å²) in [6.07, 6.45) is 1.77. The maximum absolute atomic E-state index is 13.0. The number of ketones is 1. The van der Waals surface area contributed by atoms with Crippen LogP contribution >= 0.6 is 15.9 Å². The second kappa shape index (κ2) is 6.04. The zero-order valence-corrected chi connectivity index (χ0v) is 11.7. The molecule has 0 radical (unpaired) electrons. The lowest BCUT2D eigenvalue weighted by Gasteiger charge is -2.05.